The lowest BCUT2D eigenvalue weighted by Gasteiger charge is -2.45. The minimum absolute atomic E-state index is 0.0747. The number of nitrogens with one attached hydrogen (secondary N) is 3. The number of amides is 6. The van der Waals surface area contributed by atoms with Gasteiger partial charge in [-0.3, -0.25) is 43.7 Å². The van der Waals surface area contributed by atoms with Crippen LogP contribution in [0, 0.1) is 22.0 Å². The van der Waals surface area contributed by atoms with Crippen LogP contribution in [-0.2, 0) is 48.4 Å². The van der Waals surface area contributed by atoms with Crippen LogP contribution < -0.4 is 15.4 Å². The molecule has 1 aliphatic heterocycles. The van der Waals surface area contributed by atoms with Crippen molar-refractivity contribution in [2.24, 2.45) is 11.8 Å². The SMILES string of the molecule is CC[C@H](C)[C@H](NC(=O)C(C)(C)NS(=O)(=O)c1ccc([N+](=O)[O-])cc1)C(=O)N(C)[C@@H](C)C(=O)N1CC[C@H]1C(=O)N(C)[C@@H](CC1CCCCC1)C(=O)N(C)CC(=O)N[C@@H](CC(=O)O)C(=O)O. The zero-order valence-electron chi connectivity index (χ0n) is 37.6. The summed E-state index contributed by atoms with van der Waals surface area (Å²) in [4.78, 5) is 120. The smallest absolute Gasteiger partial charge is 0.326 e. The molecule has 0 radical (unpaired) electrons. The summed E-state index contributed by atoms with van der Waals surface area (Å²) < 4.78 is 28.6. The van der Waals surface area contributed by atoms with E-state index in [0.29, 0.717) is 6.42 Å². The molecule has 6 amide bonds. The molecule has 0 bridgehead atoms. The van der Waals surface area contributed by atoms with E-state index >= 15 is 0 Å². The van der Waals surface area contributed by atoms with Crippen LogP contribution in [0.2, 0.25) is 0 Å². The van der Waals surface area contributed by atoms with E-state index in [-0.39, 0.29) is 35.9 Å². The third kappa shape index (κ3) is 13.4. The van der Waals surface area contributed by atoms with Gasteiger partial charge < -0.3 is 40.4 Å². The average Bonchev–Trinajstić information content (AvgIpc) is 3.21. The van der Waals surface area contributed by atoms with E-state index in [0.717, 1.165) is 66.2 Å². The minimum atomic E-state index is -4.37. The number of nitro groups is 1. The van der Waals surface area contributed by atoms with Crippen LogP contribution >= 0.6 is 0 Å². The van der Waals surface area contributed by atoms with Gasteiger partial charge in [0.15, 0.2) is 0 Å². The first kappa shape index (κ1) is 52.6. The van der Waals surface area contributed by atoms with Crippen LogP contribution in [0.4, 0.5) is 5.69 Å². The van der Waals surface area contributed by atoms with Gasteiger partial charge in [-0.15, -0.1) is 0 Å². The fourth-order valence-corrected chi connectivity index (χ4v) is 9.01. The summed E-state index contributed by atoms with van der Waals surface area (Å²) in [5.41, 5.74) is -2.16. The van der Waals surface area contributed by atoms with Crippen LogP contribution in [0.25, 0.3) is 0 Å². The molecule has 1 aromatic rings. The summed E-state index contributed by atoms with van der Waals surface area (Å²) in [6, 6.07) is -2.11. The van der Waals surface area contributed by atoms with Crippen LogP contribution in [0.15, 0.2) is 29.2 Å². The van der Waals surface area contributed by atoms with Crippen molar-refractivity contribution in [1.82, 2.24) is 35.0 Å². The summed E-state index contributed by atoms with van der Waals surface area (Å²) in [7, 11) is -0.264. The van der Waals surface area contributed by atoms with Crippen molar-refractivity contribution in [1.29, 1.82) is 0 Å². The topological polar surface area (TPSA) is 303 Å². The van der Waals surface area contributed by atoms with Gasteiger partial charge in [0.2, 0.25) is 45.5 Å². The van der Waals surface area contributed by atoms with Crippen LogP contribution in [0.3, 0.4) is 0 Å². The van der Waals surface area contributed by atoms with Gasteiger partial charge in [0, 0.05) is 39.8 Å². The van der Waals surface area contributed by atoms with E-state index in [1.165, 1.54) is 51.7 Å². The number of carbonyl (C=O) groups is 8. The number of benzene rings is 1. The van der Waals surface area contributed by atoms with Crippen LogP contribution in [0.5, 0.6) is 0 Å². The van der Waals surface area contributed by atoms with Crippen LogP contribution in [-0.4, -0.2) is 161 Å². The fraction of sp³-hybridized carbons (Fsp3) is 0.659. The number of hydrogen-bond acceptors (Lipinski definition) is 12. The Morgan fingerprint density at radius 1 is 0.906 bits per heavy atom. The second kappa shape index (κ2) is 22.3. The molecule has 1 saturated carbocycles. The summed E-state index contributed by atoms with van der Waals surface area (Å²) in [5.74, 6) is -7.64. The van der Waals surface area contributed by atoms with Gasteiger partial charge in [-0.1, -0.05) is 52.4 Å². The highest BCUT2D eigenvalue weighted by atomic mass is 32.2. The Hall–Kier alpha value is -5.71. The molecule has 3 rings (SSSR count). The molecular weight excluding hydrogens is 861 g/mol. The third-order valence-electron chi connectivity index (χ3n) is 12.1. The highest BCUT2D eigenvalue weighted by molar-refractivity contribution is 7.89. The van der Waals surface area contributed by atoms with Crippen molar-refractivity contribution < 1.29 is 61.9 Å². The van der Waals surface area contributed by atoms with Crippen LogP contribution in [0.1, 0.15) is 92.4 Å². The van der Waals surface area contributed by atoms with Gasteiger partial charge in [0.25, 0.3) is 5.69 Å². The lowest BCUT2D eigenvalue weighted by Crippen LogP contribution is -2.65. The molecule has 23 heteroatoms. The maximum Gasteiger partial charge on any atom is 0.326 e. The van der Waals surface area contributed by atoms with Crippen molar-refractivity contribution in [3.8, 4) is 0 Å². The van der Waals surface area contributed by atoms with Gasteiger partial charge in [-0.2, -0.15) is 4.72 Å². The Kier molecular flexibility index (Phi) is 18.3. The second-order valence-corrected chi connectivity index (χ2v) is 18.9. The number of likely N-dealkylation sites (tertiary alicyclic amines) is 1. The summed E-state index contributed by atoms with van der Waals surface area (Å²) >= 11 is 0. The predicted octanol–water partition coefficient (Wildman–Crippen LogP) is 0.930. The average molecular weight is 923 g/mol. The highest BCUT2D eigenvalue weighted by Crippen LogP contribution is 2.31. The Morgan fingerprint density at radius 2 is 1.50 bits per heavy atom. The van der Waals surface area contributed by atoms with Gasteiger partial charge in [-0.25, -0.2) is 13.2 Å². The largest absolute Gasteiger partial charge is 0.481 e. The third-order valence-corrected chi connectivity index (χ3v) is 13.8. The number of nitrogens with zero attached hydrogens (tertiary/aromatic N) is 5. The number of sulfonamides is 1. The van der Waals surface area contributed by atoms with Crippen molar-refractivity contribution in [2.75, 3.05) is 34.2 Å². The lowest BCUT2D eigenvalue weighted by atomic mass is 9.84. The first-order valence-electron chi connectivity index (χ1n) is 21.2. The highest BCUT2D eigenvalue weighted by Gasteiger charge is 2.46. The molecular formula is C41H62N8O14S. The number of hydrogen-bond donors (Lipinski definition) is 5. The number of non-ortho nitro benzene ring substituents is 1. The number of carboxylic acid groups (broad SMARTS) is 2. The normalized spacial score (nSPS) is 17.9. The van der Waals surface area contributed by atoms with E-state index < -0.39 is 117 Å². The van der Waals surface area contributed by atoms with Crippen molar-refractivity contribution in [3.05, 3.63) is 34.4 Å². The van der Waals surface area contributed by atoms with Crippen molar-refractivity contribution in [3.63, 3.8) is 0 Å². The number of rotatable bonds is 22. The zero-order valence-corrected chi connectivity index (χ0v) is 38.4. The molecule has 1 aliphatic carbocycles. The summed E-state index contributed by atoms with van der Waals surface area (Å²) in [5, 5.41) is 34.2. The first-order chi connectivity index (χ1) is 29.7. The Bertz CT molecular complexity index is 2040. The summed E-state index contributed by atoms with van der Waals surface area (Å²) in [6.07, 6.45) is 4.52. The number of carbonyl (C=O) groups excluding carboxylic acids is 6. The fourth-order valence-electron chi connectivity index (χ4n) is 7.63. The molecule has 0 unspecified atom stereocenters. The van der Waals surface area contributed by atoms with Gasteiger partial charge in [-0.05, 0) is 57.6 Å². The quantitative estimate of drug-likeness (QED) is 0.0799. The second-order valence-electron chi connectivity index (χ2n) is 17.2. The number of aliphatic carboxylic acids is 2. The Balaban J connectivity index is 1.75. The lowest BCUT2D eigenvalue weighted by molar-refractivity contribution is -0.384. The van der Waals surface area contributed by atoms with E-state index in [2.05, 4.69) is 15.4 Å². The van der Waals surface area contributed by atoms with E-state index in [1.54, 1.807) is 13.8 Å². The monoisotopic (exact) mass is 922 g/mol. The molecule has 1 saturated heterocycles. The molecule has 0 aromatic heterocycles. The number of nitro benzene ring substituents is 1. The molecule has 2 aliphatic rings. The number of carboxylic acids is 2. The first-order valence-corrected chi connectivity index (χ1v) is 22.6. The number of likely N-dealkylation sites (N-methyl/N-ethyl adjacent to an activating group) is 3. The molecule has 0 spiro atoms. The van der Waals surface area contributed by atoms with E-state index in [1.807, 2.05) is 0 Å². The van der Waals surface area contributed by atoms with Gasteiger partial charge >= 0.3 is 11.9 Å². The molecule has 5 N–H and O–H groups in total. The predicted molar refractivity (Wildman–Crippen MR) is 228 cm³/mol. The molecule has 22 nitrogen and oxygen atoms in total. The summed E-state index contributed by atoms with van der Waals surface area (Å²) in [6.45, 7) is 7.02. The van der Waals surface area contributed by atoms with Gasteiger partial charge in [0.1, 0.15) is 35.7 Å². The molecule has 64 heavy (non-hydrogen) atoms. The zero-order chi connectivity index (χ0) is 48.4. The molecule has 1 heterocycles. The molecule has 356 valence electrons. The van der Waals surface area contributed by atoms with E-state index in [9.17, 15) is 62.0 Å². The Morgan fingerprint density at radius 3 is 2.00 bits per heavy atom. The maximum atomic E-state index is 14.2. The Labute approximate surface area is 372 Å². The maximum absolute atomic E-state index is 14.2. The van der Waals surface area contributed by atoms with Gasteiger partial charge in [0.05, 0.1) is 22.8 Å². The molecule has 2 fully saturated rings. The molecule has 6 atom stereocenters. The van der Waals surface area contributed by atoms with Crippen molar-refractivity contribution in [2.45, 2.75) is 133 Å². The van der Waals surface area contributed by atoms with E-state index in [4.69, 9.17) is 5.11 Å². The molecule has 1 aromatic carbocycles. The standard InChI is InChI=1S/C41H62N8O14S/c1-9-24(2)34(43-40(59)41(4,5)44-64(62,63)28-17-15-27(16-18-28)49(60)61)38(56)46(7)25(3)35(53)48-20-19-30(48)37(55)47(8)31(21-26-13-11-10-12-14-26)36(54)45(6)23-32(50)42-29(39(57)58)22-33(51)52/h15-18,24-26,29-31,34,44H,9-14,19-23H2,1-8H3,(H,42,50)(H,43,59)(H,51,52)(H,57,58)/t24-,25-,29-,30-,31-,34-/m0/s1. The minimum Gasteiger partial charge on any atom is -0.481 e. The van der Waals surface area contributed by atoms with Crippen molar-refractivity contribution >= 4 is 63.1 Å².